The molecule has 5 nitrogen and oxygen atoms in total. The summed E-state index contributed by atoms with van der Waals surface area (Å²) in [5, 5.41) is 7.76. The van der Waals surface area contributed by atoms with Crippen LogP contribution in [0.4, 0.5) is 0 Å². The van der Waals surface area contributed by atoms with Crippen molar-refractivity contribution in [3.8, 4) is 5.69 Å². The van der Waals surface area contributed by atoms with Crippen LogP contribution in [0.5, 0.6) is 0 Å². The van der Waals surface area contributed by atoms with Crippen LogP contribution in [0.1, 0.15) is 30.4 Å². The molecule has 2 heterocycles. The van der Waals surface area contributed by atoms with E-state index in [1.54, 1.807) is 6.20 Å². The fourth-order valence-electron chi connectivity index (χ4n) is 3.78. The predicted molar refractivity (Wildman–Crippen MR) is 110 cm³/mol. The lowest BCUT2D eigenvalue weighted by Crippen LogP contribution is -2.34. The molecule has 1 amide bonds. The number of benzene rings is 2. The van der Waals surface area contributed by atoms with Gasteiger partial charge in [-0.15, -0.1) is 0 Å². The molecule has 1 fully saturated rings. The van der Waals surface area contributed by atoms with Crippen LogP contribution in [-0.2, 0) is 17.9 Å². The van der Waals surface area contributed by atoms with E-state index in [4.69, 9.17) is 0 Å². The molecule has 0 saturated carbocycles. The van der Waals surface area contributed by atoms with Crippen molar-refractivity contribution in [2.45, 2.75) is 38.4 Å². The number of amides is 1. The van der Waals surface area contributed by atoms with Gasteiger partial charge < -0.3 is 10.2 Å². The van der Waals surface area contributed by atoms with Crippen LogP contribution in [0, 0.1) is 0 Å². The summed E-state index contributed by atoms with van der Waals surface area (Å²) < 4.78 is 1.84. The lowest BCUT2D eigenvalue weighted by molar-refractivity contribution is -0.129. The number of hydrogen-bond acceptors (Lipinski definition) is 3. The van der Waals surface area contributed by atoms with Gasteiger partial charge in [-0.1, -0.05) is 42.5 Å². The van der Waals surface area contributed by atoms with E-state index in [1.807, 2.05) is 27.9 Å². The molecule has 0 bridgehead atoms. The number of likely N-dealkylation sites (tertiary alicyclic amines) is 1. The maximum Gasteiger partial charge on any atom is 0.223 e. The standard InChI is InChI=1S/C23H26N4O/c28-23-12-11-21(13-15-24-17-19-5-2-1-3-6-19)26(23)18-20-7-9-22(10-8-20)27-16-4-14-25-27/h1-10,14,16,21,24H,11-13,15,17-18H2. The van der Waals surface area contributed by atoms with Crippen LogP contribution < -0.4 is 5.32 Å². The molecule has 1 aromatic heterocycles. The van der Waals surface area contributed by atoms with Crippen molar-refractivity contribution in [1.29, 1.82) is 0 Å². The third kappa shape index (κ3) is 4.49. The van der Waals surface area contributed by atoms with Crippen molar-refractivity contribution >= 4 is 5.91 Å². The van der Waals surface area contributed by atoms with E-state index in [9.17, 15) is 4.79 Å². The van der Waals surface area contributed by atoms with Crippen LogP contribution in [0.15, 0.2) is 73.1 Å². The average molecular weight is 374 g/mol. The molecule has 3 aromatic rings. The Morgan fingerprint density at radius 3 is 2.57 bits per heavy atom. The molecule has 4 rings (SSSR count). The fourth-order valence-corrected chi connectivity index (χ4v) is 3.78. The zero-order valence-electron chi connectivity index (χ0n) is 16.0. The number of hydrogen-bond donors (Lipinski definition) is 1. The Bertz CT molecular complexity index is 875. The minimum absolute atomic E-state index is 0.268. The Morgan fingerprint density at radius 2 is 1.82 bits per heavy atom. The Hall–Kier alpha value is -2.92. The van der Waals surface area contributed by atoms with E-state index >= 15 is 0 Å². The highest BCUT2D eigenvalue weighted by atomic mass is 16.2. The second-order valence-corrected chi connectivity index (χ2v) is 7.28. The van der Waals surface area contributed by atoms with E-state index in [0.29, 0.717) is 19.0 Å². The molecule has 1 N–H and O–H groups in total. The quantitative estimate of drug-likeness (QED) is 0.614. The third-order valence-electron chi connectivity index (χ3n) is 5.34. The first-order chi connectivity index (χ1) is 13.8. The van der Waals surface area contributed by atoms with Crippen molar-refractivity contribution in [1.82, 2.24) is 20.0 Å². The topological polar surface area (TPSA) is 50.2 Å². The molecular weight excluding hydrogens is 348 g/mol. The summed E-state index contributed by atoms with van der Waals surface area (Å²) in [6.07, 6.45) is 6.31. The van der Waals surface area contributed by atoms with Crippen molar-refractivity contribution in [2.75, 3.05) is 6.54 Å². The van der Waals surface area contributed by atoms with Gasteiger partial charge in [0.05, 0.1) is 5.69 Å². The average Bonchev–Trinajstić information content (AvgIpc) is 3.38. The molecular formula is C23H26N4O. The van der Waals surface area contributed by atoms with Gasteiger partial charge in [-0.25, -0.2) is 4.68 Å². The number of carbonyl (C=O) groups excluding carboxylic acids is 1. The molecule has 1 aliphatic heterocycles. The summed E-state index contributed by atoms with van der Waals surface area (Å²) in [6, 6.07) is 20.9. The van der Waals surface area contributed by atoms with Crippen molar-refractivity contribution in [3.05, 3.63) is 84.2 Å². The molecule has 1 unspecified atom stereocenters. The SMILES string of the molecule is O=C1CCC(CCNCc2ccccc2)N1Cc1ccc(-n2cccn2)cc1. The highest BCUT2D eigenvalue weighted by molar-refractivity contribution is 5.78. The van der Waals surface area contributed by atoms with E-state index in [-0.39, 0.29) is 5.91 Å². The fraction of sp³-hybridized carbons (Fsp3) is 0.304. The predicted octanol–water partition coefficient (Wildman–Crippen LogP) is 3.54. The van der Waals surface area contributed by atoms with Gasteiger partial charge in [0.2, 0.25) is 5.91 Å². The first kappa shape index (κ1) is 18.4. The largest absolute Gasteiger partial charge is 0.335 e. The molecule has 1 aliphatic rings. The Balaban J connectivity index is 1.30. The summed E-state index contributed by atoms with van der Waals surface area (Å²) in [4.78, 5) is 14.4. The van der Waals surface area contributed by atoms with Gasteiger partial charge in [-0.3, -0.25) is 4.79 Å². The van der Waals surface area contributed by atoms with Gasteiger partial charge in [0, 0.05) is 37.9 Å². The Morgan fingerprint density at radius 1 is 1.00 bits per heavy atom. The van der Waals surface area contributed by atoms with Crippen molar-refractivity contribution in [2.24, 2.45) is 0 Å². The highest BCUT2D eigenvalue weighted by Crippen LogP contribution is 2.24. The van der Waals surface area contributed by atoms with Crippen molar-refractivity contribution < 1.29 is 4.79 Å². The molecule has 144 valence electrons. The zero-order valence-corrected chi connectivity index (χ0v) is 16.0. The highest BCUT2D eigenvalue weighted by Gasteiger charge is 2.30. The van der Waals surface area contributed by atoms with Gasteiger partial charge in [-0.2, -0.15) is 5.10 Å². The van der Waals surface area contributed by atoms with Gasteiger partial charge in [0.25, 0.3) is 0 Å². The maximum absolute atomic E-state index is 12.4. The summed E-state index contributed by atoms with van der Waals surface area (Å²) in [6.45, 7) is 2.47. The maximum atomic E-state index is 12.4. The number of rotatable bonds is 8. The number of carbonyl (C=O) groups is 1. The molecule has 2 aromatic carbocycles. The van der Waals surface area contributed by atoms with E-state index in [1.165, 1.54) is 5.56 Å². The zero-order chi connectivity index (χ0) is 19.2. The van der Waals surface area contributed by atoms with Gasteiger partial charge in [-0.05, 0) is 48.7 Å². The third-order valence-corrected chi connectivity index (χ3v) is 5.34. The van der Waals surface area contributed by atoms with E-state index in [0.717, 1.165) is 37.2 Å². The molecule has 0 spiro atoms. The first-order valence-electron chi connectivity index (χ1n) is 9.93. The minimum Gasteiger partial charge on any atom is -0.335 e. The number of nitrogens with zero attached hydrogens (tertiary/aromatic N) is 3. The smallest absolute Gasteiger partial charge is 0.223 e. The summed E-state index contributed by atoms with van der Waals surface area (Å²) in [5.74, 6) is 0.268. The summed E-state index contributed by atoms with van der Waals surface area (Å²) in [7, 11) is 0. The number of aromatic nitrogens is 2. The van der Waals surface area contributed by atoms with E-state index < -0.39 is 0 Å². The first-order valence-corrected chi connectivity index (χ1v) is 9.93. The Labute approximate surface area is 166 Å². The van der Waals surface area contributed by atoms with Gasteiger partial charge in [0.1, 0.15) is 0 Å². The summed E-state index contributed by atoms with van der Waals surface area (Å²) >= 11 is 0. The molecule has 1 saturated heterocycles. The molecule has 0 aliphatic carbocycles. The number of nitrogens with one attached hydrogen (secondary N) is 1. The van der Waals surface area contributed by atoms with Gasteiger partial charge in [0.15, 0.2) is 0 Å². The van der Waals surface area contributed by atoms with E-state index in [2.05, 4.69) is 58.9 Å². The molecule has 28 heavy (non-hydrogen) atoms. The Kier molecular flexibility index (Phi) is 5.83. The van der Waals surface area contributed by atoms with Crippen LogP contribution in [0.2, 0.25) is 0 Å². The lowest BCUT2D eigenvalue weighted by atomic mass is 10.1. The minimum atomic E-state index is 0.268. The van der Waals surface area contributed by atoms with Crippen LogP contribution in [-0.4, -0.2) is 33.2 Å². The lowest BCUT2D eigenvalue weighted by Gasteiger charge is -2.25. The summed E-state index contributed by atoms with van der Waals surface area (Å²) in [5.41, 5.74) is 3.48. The normalized spacial score (nSPS) is 16.6. The van der Waals surface area contributed by atoms with Crippen LogP contribution >= 0.6 is 0 Å². The monoisotopic (exact) mass is 374 g/mol. The molecule has 1 atom stereocenters. The van der Waals surface area contributed by atoms with Crippen LogP contribution in [0.25, 0.3) is 5.69 Å². The van der Waals surface area contributed by atoms with Crippen molar-refractivity contribution in [3.63, 3.8) is 0 Å². The molecule has 0 radical (unpaired) electrons. The molecule has 5 heteroatoms. The second kappa shape index (κ2) is 8.85. The van der Waals surface area contributed by atoms with Gasteiger partial charge >= 0.3 is 0 Å². The second-order valence-electron chi connectivity index (χ2n) is 7.28. The van der Waals surface area contributed by atoms with Crippen LogP contribution in [0.3, 0.4) is 0 Å².